The van der Waals surface area contributed by atoms with Crippen LogP contribution in [0.15, 0.2) is 24.3 Å². The molecule has 0 aromatic heterocycles. The van der Waals surface area contributed by atoms with Gasteiger partial charge in [-0.15, -0.1) is 13.2 Å². The van der Waals surface area contributed by atoms with Crippen LogP contribution in [0.25, 0.3) is 0 Å². The summed E-state index contributed by atoms with van der Waals surface area (Å²) in [6.07, 6.45) is -4.67. The van der Waals surface area contributed by atoms with E-state index in [1.165, 1.54) is 12.1 Å². The van der Waals surface area contributed by atoms with Crippen molar-refractivity contribution in [2.45, 2.75) is 32.8 Å². The van der Waals surface area contributed by atoms with E-state index in [9.17, 15) is 13.2 Å². The molecule has 0 aliphatic heterocycles. The van der Waals surface area contributed by atoms with Crippen molar-refractivity contribution < 1.29 is 22.6 Å². The minimum absolute atomic E-state index is 0.0545. The highest BCUT2D eigenvalue weighted by molar-refractivity contribution is 5.33. The lowest BCUT2D eigenvalue weighted by molar-refractivity contribution is -0.274. The quantitative estimate of drug-likeness (QED) is 0.830. The highest BCUT2D eigenvalue weighted by atomic mass is 19.4. The maximum Gasteiger partial charge on any atom is 0.573 e. The van der Waals surface area contributed by atoms with E-state index in [2.05, 4.69) is 10.1 Å². The summed E-state index contributed by atoms with van der Waals surface area (Å²) in [5.74, 6) is -0.175. The molecule has 0 spiro atoms. The number of rotatable bonds is 7. The largest absolute Gasteiger partial charge is 0.573 e. The molecule has 0 aliphatic carbocycles. The van der Waals surface area contributed by atoms with E-state index in [0.717, 1.165) is 0 Å². The minimum atomic E-state index is -4.67. The highest BCUT2D eigenvalue weighted by Gasteiger charge is 2.31. The van der Waals surface area contributed by atoms with Gasteiger partial charge in [-0.3, -0.25) is 0 Å². The Kier molecular flexibility index (Phi) is 6.11. The molecule has 0 amide bonds. The maximum absolute atomic E-state index is 12.2. The average molecular weight is 277 g/mol. The molecule has 1 rings (SSSR count). The van der Waals surface area contributed by atoms with Gasteiger partial charge in [0.25, 0.3) is 0 Å². The summed E-state index contributed by atoms with van der Waals surface area (Å²) in [4.78, 5) is 0. The first-order valence-electron chi connectivity index (χ1n) is 6.07. The lowest BCUT2D eigenvalue weighted by atomic mass is 10.2. The second kappa shape index (κ2) is 7.35. The second-order valence-corrected chi connectivity index (χ2v) is 4.10. The SMILES string of the molecule is CCOCC(C)NCc1ccccc1OC(F)(F)F. The van der Waals surface area contributed by atoms with Crippen LogP contribution in [0, 0.1) is 0 Å². The van der Waals surface area contributed by atoms with Crippen LogP contribution in [0.2, 0.25) is 0 Å². The van der Waals surface area contributed by atoms with E-state index in [4.69, 9.17) is 4.74 Å². The van der Waals surface area contributed by atoms with Gasteiger partial charge < -0.3 is 14.8 Å². The molecule has 1 atom stereocenters. The Bertz CT molecular complexity index is 382. The van der Waals surface area contributed by atoms with Crippen molar-refractivity contribution in [3.05, 3.63) is 29.8 Å². The van der Waals surface area contributed by atoms with Gasteiger partial charge in [0.05, 0.1) is 6.61 Å². The molecule has 0 bridgehead atoms. The number of para-hydroxylation sites is 1. The third-order valence-corrected chi connectivity index (χ3v) is 2.41. The minimum Gasteiger partial charge on any atom is -0.405 e. The predicted molar refractivity (Wildman–Crippen MR) is 65.9 cm³/mol. The van der Waals surface area contributed by atoms with Gasteiger partial charge in [0, 0.05) is 24.8 Å². The van der Waals surface area contributed by atoms with Crippen molar-refractivity contribution in [2.24, 2.45) is 0 Å². The van der Waals surface area contributed by atoms with Gasteiger partial charge >= 0.3 is 6.36 Å². The normalized spacial score (nSPS) is 13.3. The number of benzene rings is 1. The van der Waals surface area contributed by atoms with Crippen LogP contribution in [0.5, 0.6) is 5.75 Å². The smallest absolute Gasteiger partial charge is 0.405 e. The molecule has 6 heteroatoms. The fourth-order valence-corrected chi connectivity index (χ4v) is 1.51. The number of alkyl halides is 3. The Morgan fingerprint density at radius 2 is 1.95 bits per heavy atom. The Labute approximate surface area is 110 Å². The summed E-state index contributed by atoms with van der Waals surface area (Å²) in [5, 5.41) is 3.09. The second-order valence-electron chi connectivity index (χ2n) is 4.10. The van der Waals surface area contributed by atoms with Crippen LogP contribution in [0.4, 0.5) is 13.2 Å². The average Bonchev–Trinajstić information content (AvgIpc) is 2.33. The Morgan fingerprint density at radius 1 is 1.26 bits per heavy atom. The summed E-state index contributed by atoms with van der Waals surface area (Å²) in [7, 11) is 0. The maximum atomic E-state index is 12.2. The van der Waals surface area contributed by atoms with E-state index in [1.54, 1.807) is 12.1 Å². The molecular weight excluding hydrogens is 259 g/mol. The first-order valence-corrected chi connectivity index (χ1v) is 6.07. The Hall–Kier alpha value is -1.27. The molecular formula is C13H18F3NO2. The van der Waals surface area contributed by atoms with Crippen molar-refractivity contribution in [3.8, 4) is 5.75 Å². The highest BCUT2D eigenvalue weighted by Crippen LogP contribution is 2.26. The monoisotopic (exact) mass is 277 g/mol. The summed E-state index contributed by atoms with van der Waals surface area (Å²) >= 11 is 0. The number of halogens is 3. The van der Waals surface area contributed by atoms with E-state index in [1.807, 2.05) is 13.8 Å². The molecule has 1 aromatic rings. The van der Waals surface area contributed by atoms with Crippen LogP contribution in [-0.4, -0.2) is 25.6 Å². The molecule has 0 heterocycles. The van der Waals surface area contributed by atoms with Gasteiger partial charge in [-0.1, -0.05) is 18.2 Å². The Balaban J connectivity index is 2.58. The summed E-state index contributed by atoms with van der Waals surface area (Å²) in [6.45, 7) is 5.21. The zero-order valence-corrected chi connectivity index (χ0v) is 11.0. The lowest BCUT2D eigenvalue weighted by Gasteiger charge is -2.16. The fourth-order valence-electron chi connectivity index (χ4n) is 1.51. The van der Waals surface area contributed by atoms with Gasteiger partial charge in [0.1, 0.15) is 5.75 Å². The van der Waals surface area contributed by atoms with Crippen molar-refractivity contribution in [2.75, 3.05) is 13.2 Å². The van der Waals surface area contributed by atoms with Crippen LogP contribution in [-0.2, 0) is 11.3 Å². The standard InChI is InChI=1S/C13H18F3NO2/c1-3-18-9-10(2)17-8-11-6-4-5-7-12(11)19-13(14,15)16/h4-7,10,17H,3,8-9H2,1-2H3. The van der Waals surface area contributed by atoms with E-state index in [0.29, 0.717) is 25.3 Å². The zero-order valence-electron chi connectivity index (χ0n) is 11.0. The molecule has 0 radical (unpaired) electrons. The number of hydrogen-bond acceptors (Lipinski definition) is 3. The molecule has 108 valence electrons. The lowest BCUT2D eigenvalue weighted by Crippen LogP contribution is -2.30. The number of nitrogens with one attached hydrogen (secondary N) is 1. The third-order valence-electron chi connectivity index (χ3n) is 2.41. The van der Waals surface area contributed by atoms with Gasteiger partial charge in [0.2, 0.25) is 0 Å². The van der Waals surface area contributed by atoms with Crippen LogP contribution in [0.1, 0.15) is 19.4 Å². The molecule has 0 fully saturated rings. The predicted octanol–water partition coefficient (Wildman–Crippen LogP) is 3.10. The van der Waals surface area contributed by atoms with Crippen molar-refractivity contribution in [3.63, 3.8) is 0 Å². The van der Waals surface area contributed by atoms with Crippen molar-refractivity contribution in [1.29, 1.82) is 0 Å². The van der Waals surface area contributed by atoms with Crippen molar-refractivity contribution in [1.82, 2.24) is 5.32 Å². The third kappa shape index (κ3) is 6.45. The molecule has 3 nitrogen and oxygen atoms in total. The molecule has 0 aliphatic rings. The first kappa shape index (κ1) is 15.8. The fraction of sp³-hybridized carbons (Fsp3) is 0.538. The molecule has 0 saturated carbocycles. The molecule has 0 saturated heterocycles. The van der Waals surface area contributed by atoms with Crippen molar-refractivity contribution >= 4 is 0 Å². The topological polar surface area (TPSA) is 30.5 Å². The van der Waals surface area contributed by atoms with Gasteiger partial charge in [-0.25, -0.2) is 0 Å². The summed E-state index contributed by atoms with van der Waals surface area (Å²) in [5.41, 5.74) is 0.461. The molecule has 1 unspecified atom stereocenters. The summed E-state index contributed by atoms with van der Waals surface area (Å²) < 4.78 is 45.9. The van der Waals surface area contributed by atoms with Gasteiger partial charge in [0.15, 0.2) is 0 Å². The number of ether oxygens (including phenoxy) is 2. The molecule has 19 heavy (non-hydrogen) atoms. The summed E-state index contributed by atoms with van der Waals surface area (Å²) in [6, 6.07) is 6.14. The van der Waals surface area contributed by atoms with E-state index < -0.39 is 6.36 Å². The van der Waals surface area contributed by atoms with Gasteiger partial charge in [-0.05, 0) is 19.9 Å². The van der Waals surface area contributed by atoms with Gasteiger partial charge in [-0.2, -0.15) is 0 Å². The zero-order chi connectivity index (χ0) is 14.3. The number of hydrogen-bond donors (Lipinski definition) is 1. The molecule has 1 N–H and O–H groups in total. The first-order chi connectivity index (χ1) is 8.92. The molecule has 1 aromatic carbocycles. The van der Waals surface area contributed by atoms with Crippen LogP contribution >= 0.6 is 0 Å². The van der Waals surface area contributed by atoms with Crippen LogP contribution in [0.3, 0.4) is 0 Å². The van der Waals surface area contributed by atoms with E-state index in [-0.39, 0.29) is 11.8 Å². The van der Waals surface area contributed by atoms with Crippen LogP contribution < -0.4 is 10.1 Å². The van der Waals surface area contributed by atoms with E-state index >= 15 is 0 Å². The Morgan fingerprint density at radius 3 is 2.58 bits per heavy atom.